The fraction of sp³-hybridized carbons (Fsp3) is 0.842. The van der Waals surface area contributed by atoms with Crippen LogP contribution in [0, 0.1) is 5.92 Å². The number of hydrogen-bond acceptors (Lipinski definition) is 5. The van der Waals surface area contributed by atoms with Crippen molar-refractivity contribution < 1.29 is 23.7 Å². The Hall–Kier alpha value is -0.910. The Bertz CT molecular complexity index is 560. The highest BCUT2D eigenvalue weighted by Crippen LogP contribution is 2.50. The molecule has 2 saturated carbocycles. The van der Waals surface area contributed by atoms with E-state index in [2.05, 4.69) is 20.4 Å². The fourth-order valence-electron chi connectivity index (χ4n) is 4.27. The van der Waals surface area contributed by atoms with Gasteiger partial charge >= 0.3 is 5.97 Å². The van der Waals surface area contributed by atoms with E-state index >= 15 is 0 Å². The molecule has 0 bridgehead atoms. The molecule has 5 nitrogen and oxygen atoms in total. The highest BCUT2D eigenvalue weighted by molar-refractivity contribution is 5.73. The van der Waals surface area contributed by atoms with Crippen LogP contribution in [0.15, 0.2) is 12.2 Å². The zero-order chi connectivity index (χ0) is 17.1. The molecule has 7 unspecified atom stereocenters. The van der Waals surface area contributed by atoms with E-state index in [1.165, 1.54) is 5.57 Å². The summed E-state index contributed by atoms with van der Waals surface area (Å²) in [4.78, 5) is 12.3. The summed E-state index contributed by atoms with van der Waals surface area (Å²) in [7, 11) is 0. The molecule has 4 aliphatic rings. The van der Waals surface area contributed by atoms with Crippen molar-refractivity contribution in [2.24, 2.45) is 5.92 Å². The van der Waals surface area contributed by atoms with Gasteiger partial charge in [-0.15, -0.1) is 0 Å². The van der Waals surface area contributed by atoms with Gasteiger partial charge in [0.25, 0.3) is 0 Å². The summed E-state index contributed by atoms with van der Waals surface area (Å²) in [5.74, 6) is -0.139. The predicted octanol–water partition coefficient (Wildman–Crippen LogP) is 2.77. The molecule has 5 heteroatoms. The number of carbonyl (C=O) groups excluding carboxylic acids is 1. The Morgan fingerprint density at radius 3 is 2.88 bits per heavy atom. The Balaban J connectivity index is 1.23. The number of epoxide rings is 2. The van der Waals surface area contributed by atoms with Gasteiger partial charge in [-0.25, -0.2) is 0 Å². The van der Waals surface area contributed by atoms with E-state index in [1.807, 2.05) is 6.92 Å². The van der Waals surface area contributed by atoms with Crippen LogP contribution in [0.25, 0.3) is 0 Å². The molecule has 7 atom stereocenters. The van der Waals surface area contributed by atoms with Gasteiger partial charge < -0.3 is 18.9 Å². The number of esters is 1. The van der Waals surface area contributed by atoms with E-state index in [4.69, 9.17) is 18.9 Å². The van der Waals surface area contributed by atoms with Crippen molar-refractivity contribution in [1.29, 1.82) is 0 Å². The third-order valence-corrected chi connectivity index (χ3v) is 6.27. The lowest BCUT2D eigenvalue weighted by Gasteiger charge is -2.28. The first-order valence-electron chi connectivity index (χ1n) is 9.14. The van der Waals surface area contributed by atoms with Crippen LogP contribution in [-0.2, 0) is 23.7 Å². The van der Waals surface area contributed by atoms with Crippen LogP contribution in [0.4, 0.5) is 0 Å². The lowest BCUT2D eigenvalue weighted by Crippen LogP contribution is -2.38. The second-order valence-electron chi connectivity index (χ2n) is 8.41. The van der Waals surface area contributed by atoms with Gasteiger partial charge in [-0.2, -0.15) is 0 Å². The Morgan fingerprint density at radius 1 is 1.33 bits per heavy atom. The molecule has 4 rings (SSSR count). The molecule has 2 saturated heterocycles. The van der Waals surface area contributed by atoms with E-state index in [-0.39, 0.29) is 47.5 Å². The molecule has 0 aromatic heterocycles. The third-order valence-electron chi connectivity index (χ3n) is 6.27. The summed E-state index contributed by atoms with van der Waals surface area (Å²) in [6.07, 6.45) is 4.61. The van der Waals surface area contributed by atoms with Gasteiger partial charge in [-0.05, 0) is 52.9 Å². The number of fused-ring (bicyclic) bond motifs is 2. The van der Waals surface area contributed by atoms with Gasteiger partial charge in [0.2, 0.25) is 0 Å². The van der Waals surface area contributed by atoms with Crippen molar-refractivity contribution in [2.75, 3.05) is 6.61 Å². The summed E-state index contributed by atoms with van der Waals surface area (Å²) >= 11 is 0. The maximum Gasteiger partial charge on any atom is 0.309 e. The minimum atomic E-state index is -0.248. The number of hydrogen-bond donors (Lipinski definition) is 0. The van der Waals surface area contributed by atoms with Crippen molar-refractivity contribution in [1.82, 2.24) is 0 Å². The molecular formula is C19H28O5. The smallest absolute Gasteiger partial charge is 0.309 e. The molecule has 24 heavy (non-hydrogen) atoms. The third kappa shape index (κ3) is 2.91. The second-order valence-corrected chi connectivity index (χ2v) is 8.41. The van der Waals surface area contributed by atoms with Gasteiger partial charge in [0, 0.05) is 0 Å². The molecule has 134 valence electrons. The van der Waals surface area contributed by atoms with Crippen molar-refractivity contribution >= 4 is 5.97 Å². The second kappa shape index (κ2) is 5.55. The largest absolute Gasteiger partial charge is 0.460 e. The molecular weight excluding hydrogens is 308 g/mol. The minimum Gasteiger partial charge on any atom is -0.460 e. The Kier molecular flexibility index (Phi) is 3.83. The maximum atomic E-state index is 12.3. The SMILES string of the molecule is C=C1CC(OCC(C)OC(=O)C2CCC3(C)OC3C2)C2(C)OC2C1. The van der Waals surface area contributed by atoms with Gasteiger partial charge in [-0.1, -0.05) is 12.2 Å². The molecule has 2 aliphatic carbocycles. The van der Waals surface area contributed by atoms with E-state index < -0.39 is 0 Å². The van der Waals surface area contributed by atoms with Gasteiger partial charge in [-0.3, -0.25) is 4.79 Å². The number of carbonyl (C=O) groups is 1. The zero-order valence-electron chi connectivity index (χ0n) is 14.9. The van der Waals surface area contributed by atoms with Gasteiger partial charge in [0.1, 0.15) is 11.7 Å². The van der Waals surface area contributed by atoms with Crippen LogP contribution in [0.5, 0.6) is 0 Å². The lowest BCUT2D eigenvalue weighted by molar-refractivity contribution is -0.159. The predicted molar refractivity (Wildman–Crippen MR) is 87.6 cm³/mol. The molecule has 0 amide bonds. The Labute approximate surface area is 143 Å². The minimum absolute atomic E-state index is 0.0140. The quantitative estimate of drug-likeness (QED) is 0.439. The summed E-state index contributed by atoms with van der Waals surface area (Å²) in [6.45, 7) is 10.6. The molecule has 0 radical (unpaired) electrons. The Morgan fingerprint density at radius 2 is 2.12 bits per heavy atom. The van der Waals surface area contributed by atoms with E-state index in [0.29, 0.717) is 6.61 Å². The van der Waals surface area contributed by atoms with Crippen molar-refractivity contribution in [3.8, 4) is 0 Å². The summed E-state index contributed by atoms with van der Waals surface area (Å²) in [5.41, 5.74) is 1.03. The van der Waals surface area contributed by atoms with Crippen LogP contribution in [0.2, 0.25) is 0 Å². The summed E-state index contributed by atoms with van der Waals surface area (Å²) < 4.78 is 23.1. The fourth-order valence-corrected chi connectivity index (χ4v) is 4.27. The van der Waals surface area contributed by atoms with Gasteiger partial charge in [0.15, 0.2) is 0 Å². The highest BCUT2D eigenvalue weighted by atomic mass is 16.6. The van der Waals surface area contributed by atoms with Gasteiger partial charge in [0.05, 0.1) is 36.4 Å². The monoisotopic (exact) mass is 336 g/mol. The number of rotatable bonds is 5. The van der Waals surface area contributed by atoms with Crippen molar-refractivity contribution in [2.45, 2.75) is 88.5 Å². The van der Waals surface area contributed by atoms with Crippen LogP contribution in [0.1, 0.15) is 52.9 Å². The maximum absolute atomic E-state index is 12.3. The van der Waals surface area contributed by atoms with Crippen LogP contribution < -0.4 is 0 Å². The normalized spacial score (nSPS) is 47.4. The van der Waals surface area contributed by atoms with Crippen molar-refractivity contribution in [3.63, 3.8) is 0 Å². The first kappa shape index (κ1) is 16.6. The lowest BCUT2D eigenvalue weighted by atomic mass is 9.83. The molecule has 4 fully saturated rings. The molecule has 0 spiro atoms. The molecule has 0 aromatic rings. The summed E-state index contributed by atoms with van der Waals surface area (Å²) in [6, 6.07) is 0. The first-order valence-corrected chi connectivity index (χ1v) is 9.14. The topological polar surface area (TPSA) is 60.6 Å². The molecule has 0 N–H and O–H groups in total. The molecule has 0 aromatic carbocycles. The van der Waals surface area contributed by atoms with E-state index in [9.17, 15) is 4.79 Å². The molecule has 2 aliphatic heterocycles. The average Bonchev–Trinajstić information content (AvgIpc) is 3.37. The van der Waals surface area contributed by atoms with E-state index in [0.717, 1.165) is 32.1 Å². The first-order chi connectivity index (χ1) is 11.3. The van der Waals surface area contributed by atoms with Crippen molar-refractivity contribution in [3.05, 3.63) is 12.2 Å². The zero-order valence-corrected chi connectivity index (χ0v) is 14.9. The highest BCUT2D eigenvalue weighted by Gasteiger charge is 2.61. The average molecular weight is 336 g/mol. The number of ether oxygens (including phenoxy) is 4. The van der Waals surface area contributed by atoms with Crippen LogP contribution >= 0.6 is 0 Å². The standard InChI is InChI=1S/C19H28O5/c1-11-7-15(19(4)16(8-11)24-19)21-10-12(2)22-17(20)13-5-6-18(3)14(9-13)23-18/h12-16H,1,5-10H2,2-4H3. The summed E-state index contributed by atoms with van der Waals surface area (Å²) in [5, 5.41) is 0. The molecule has 2 heterocycles. The van der Waals surface area contributed by atoms with E-state index in [1.54, 1.807) is 0 Å². The van der Waals surface area contributed by atoms with Crippen LogP contribution in [-0.4, -0.2) is 48.2 Å². The van der Waals surface area contributed by atoms with Crippen LogP contribution in [0.3, 0.4) is 0 Å².